The fourth-order valence-electron chi connectivity index (χ4n) is 6.26. The van der Waals surface area contributed by atoms with Gasteiger partial charge in [-0.2, -0.15) is 0 Å². The summed E-state index contributed by atoms with van der Waals surface area (Å²) in [5, 5.41) is 0. The summed E-state index contributed by atoms with van der Waals surface area (Å²) in [6.45, 7) is 9.14. The van der Waals surface area contributed by atoms with Crippen LogP contribution in [0.25, 0.3) is 0 Å². The first kappa shape index (κ1) is 28.7. The highest BCUT2D eigenvalue weighted by molar-refractivity contribution is 5.93. The van der Waals surface area contributed by atoms with E-state index in [0.29, 0.717) is 25.4 Å². The Hall–Kier alpha value is -3.42. The molecule has 3 fully saturated rings. The molecule has 2 aliphatic heterocycles. The van der Waals surface area contributed by atoms with Gasteiger partial charge in [-0.15, -0.1) is 0 Å². The number of rotatable bonds is 11. The van der Waals surface area contributed by atoms with Gasteiger partial charge >= 0.3 is 0 Å². The maximum Gasteiger partial charge on any atom is 0.272 e. The Labute approximate surface area is 249 Å². The molecule has 2 aromatic carbocycles. The van der Waals surface area contributed by atoms with Gasteiger partial charge in [-0.25, -0.2) is 0 Å². The van der Waals surface area contributed by atoms with Gasteiger partial charge in [-0.05, 0) is 98.5 Å². The van der Waals surface area contributed by atoms with Gasteiger partial charge in [-0.3, -0.25) is 14.7 Å². The molecule has 1 aromatic heterocycles. The highest BCUT2D eigenvalue weighted by Gasteiger charge is 2.33. The van der Waals surface area contributed by atoms with Crippen LogP contribution in [-0.4, -0.2) is 72.7 Å². The Kier molecular flexibility index (Phi) is 8.77. The van der Waals surface area contributed by atoms with Gasteiger partial charge in [-0.1, -0.05) is 30.3 Å². The highest BCUT2D eigenvalue weighted by atomic mass is 16.5. The molecular weight excluding hydrogens is 526 g/mol. The molecule has 0 N–H and O–H groups in total. The summed E-state index contributed by atoms with van der Waals surface area (Å²) in [4.78, 5) is 22.0. The van der Waals surface area contributed by atoms with Crippen molar-refractivity contribution in [3.05, 3.63) is 88.7 Å². The number of benzene rings is 2. The monoisotopic (exact) mass is 569 g/mol. The van der Waals surface area contributed by atoms with Crippen LogP contribution in [0, 0.1) is 0 Å². The number of methoxy groups -OCH3 is 1. The van der Waals surface area contributed by atoms with Crippen LogP contribution in [0.1, 0.15) is 77.7 Å². The minimum atomic E-state index is 0.00329. The molecule has 3 heterocycles. The number of morpholine rings is 1. The molecule has 7 nitrogen and oxygen atoms in total. The van der Waals surface area contributed by atoms with Gasteiger partial charge in [0.25, 0.3) is 5.91 Å². The molecule has 6 rings (SSSR count). The Morgan fingerprint density at radius 1 is 0.881 bits per heavy atom. The zero-order valence-corrected chi connectivity index (χ0v) is 25.1. The number of carbonyl (C=O) groups excluding carboxylic acids is 1. The zero-order chi connectivity index (χ0) is 29.1. The van der Waals surface area contributed by atoms with Crippen molar-refractivity contribution >= 4 is 5.91 Å². The van der Waals surface area contributed by atoms with Gasteiger partial charge in [0.05, 0.1) is 19.3 Å². The number of nitrogens with zero attached hydrogens (tertiary/aromatic N) is 3. The second-order valence-corrected chi connectivity index (χ2v) is 12.3. The molecule has 2 atom stereocenters. The molecule has 7 heteroatoms. The molecule has 42 heavy (non-hydrogen) atoms. The van der Waals surface area contributed by atoms with E-state index in [-0.39, 0.29) is 24.0 Å². The molecule has 0 bridgehead atoms. The van der Waals surface area contributed by atoms with E-state index in [4.69, 9.17) is 14.2 Å². The van der Waals surface area contributed by atoms with Gasteiger partial charge < -0.3 is 19.1 Å². The van der Waals surface area contributed by atoms with E-state index in [9.17, 15) is 4.79 Å². The number of hydrogen-bond acceptors (Lipinski definition) is 6. The third kappa shape index (κ3) is 6.96. The van der Waals surface area contributed by atoms with E-state index >= 15 is 0 Å². The summed E-state index contributed by atoms with van der Waals surface area (Å²) >= 11 is 0. The van der Waals surface area contributed by atoms with Crippen LogP contribution in [0.3, 0.4) is 0 Å². The smallest absolute Gasteiger partial charge is 0.272 e. The summed E-state index contributed by atoms with van der Waals surface area (Å²) in [7, 11) is 1.67. The van der Waals surface area contributed by atoms with Crippen molar-refractivity contribution in [1.82, 2.24) is 14.8 Å². The molecule has 222 valence electrons. The van der Waals surface area contributed by atoms with Crippen LogP contribution < -0.4 is 9.47 Å². The van der Waals surface area contributed by atoms with Crippen LogP contribution in [0.2, 0.25) is 0 Å². The topological polar surface area (TPSA) is 64.1 Å². The molecule has 1 amide bonds. The van der Waals surface area contributed by atoms with Crippen LogP contribution in [0.5, 0.6) is 11.5 Å². The zero-order valence-electron chi connectivity index (χ0n) is 25.1. The SMILES string of the molecule is COc1cc(C2CN(C(=O)c3cc(CCCN4C[C@@H](C)O[C@@H](C)C4)ccn3)C2)ccc1OCc1ccc(C2CC2)cc1. The van der Waals surface area contributed by atoms with Crippen LogP contribution in [0.4, 0.5) is 0 Å². The number of hydrogen-bond donors (Lipinski definition) is 0. The summed E-state index contributed by atoms with van der Waals surface area (Å²) in [6.07, 6.45) is 6.95. The molecular formula is C35H43N3O4. The van der Waals surface area contributed by atoms with Gasteiger partial charge in [0.1, 0.15) is 12.3 Å². The predicted molar refractivity (Wildman–Crippen MR) is 163 cm³/mol. The first-order chi connectivity index (χ1) is 20.4. The maximum atomic E-state index is 13.2. The quantitative estimate of drug-likeness (QED) is 0.290. The van der Waals surface area contributed by atoms with Crippen molar-refractivity contribution < 1.29 is 19.0 Å². The molecule has 2 saturated heterocycles. The van der Waals surface area contributed by atoms with E-state index in [0.717, 1.165) is 61.0 Å². The lowest BCUT2D eigenvalue weighted by molar-refractivity contribution is -0.0680. The van der Waals surface area contributed by atoms with Gasteiger partial charge in [0.2, 0.25) is 0 Å². The molecule has 0 radical (unpaired) electrons. The fourth-order valence-corrected chi connectivity index (χ4v) is 6.26. The summed E-state index contributed by atoms with van der Waals surface area (Å²) in [5.74, 6) is 2.49. The number of aromatic nitrogens is 1. The van der Waals surface area contributed by atoms with Crippen molar-refractivity contribution in [1.29, 1.82) is 0 Å². The predicted octanol–water partition coefficient (Wildman–Crippen LogP) is 5.83. The second kappa shape index (κ2) is 12.8. The van der Waals surface area contributed by atoms with Crippen LogP contribution in [0.15, 0.2) is 60.8 Å². The third-order valence-corrected chi connectivity index (χ3v) is 8.73. The van der Waals surface area contributed by atoms with Crippen molar-refractivity contribution in [2.24, 2.45) is 0 Å². The number of carbonyl (C=O) groups is 1. The Balaban J connectivity index is 0.987. The van der Waals surface area contributed by atoms with E-state index in [2.05, 4.69) is 54.1 Å². The standard InChI is InChI=1S/C35H43N3O4/c1-24-19-37(20-25(2)42-24)16-4-5-26-14-15-36-32(17-26)35(39)38-21-31(22-38)30-12-13-33(34(18-30)40-3)41-23-27-6-8-28(9-7-27)29-10-11-29/h6-9,12-15,17-18,24-25,29,31H,4-5,10-11,16,19-23H2,1-3H3/t24-,25+. The van der Waals surface area contributed by atoms with E-state index < -0.39 is 0 Å². The molecule has 3 aliphatic rings. The number of aryl methyl sites for hydroxylation is 1. The average Bonchev–Trinajstić information content (AvgIpc) is 3.81. The van der Waals surface area contributed by atoms with Crippen molar-refractivity contribution in [2.75, 3.05) is 39.8 Å². The van der Waals surface area contributed by atoms with E-state index in [1.807, 2.05) is 29.2 Å². The van der Waals surface area contributed by atoms with Crippen molar-refractivity contribution in [3.8, 4) is 11.5 Å². The number of likely N-dealkylation sites (tertiary alicyclic amines) is 1. The number of pyridine rings is 1. The maximum absolute atomic E-state index is 13.2. The first-order valence-corrected chi connectivity index (χ1v) is 15.5. The minimum Gasteiger partial charge on any atom is -0.493 e. The first-order valence-electron chi connectivity index (χ1n) is 15.5. The largest absolute Gasteiger partial charge is 0.493 e. The lowest BCUT2D eigenvalue weighted by Gasteiger charge is -2.39. The fraction of sp³-hybridized carbons (Fsp3) is 0.486. The Morgan fingerprint density at radius 3 is 2.33 bits per heavy atom. The Bertz CT molecular complexity index is 1360. The molecule has 1 saturated carbocycles. The minimum absolute atomic E-state index is 0.00329. The summed E-state index contributed by atoms with van der Waals surface area (Å²) in [6, 6.07) is 18.9. The van der Waals surface area contributed by atoms with E-state index in [1.165, 1.54) is 24.0 Å². The van der Waals surface area contributed by atoms with E-state index in [1.54, 1.807) is 13.3 Å². The lowest BCUT2D eigenvalue weighted by Crippen LogP contribution is -2.48. The van der Waals surface area contributed by atoms with Gasteiger partial charge in [0.15, 0.2) is 11.5 Å². The second-order valence-electron chi connectivity index (χ2n) is 12.3. The molecule has 1 aliphatic carbocycles. The normalized spacial score (nSPS) is 21.2. The van der Waals surface area contributed by atoms with Crippen molar-refractivity contribution in [3.63, 3.8) is 0 Å². The summed E-state index contributed by atoms with van der Waals surface area (Å²) in [5.41, 5.74) is 5.44. The Morgan fingerprint density at radius 2 is 1.62 bits per heavy atom. The average molecular weight is 570 g/mol. The third-order valence-electron chi connectivity index (χ3n) is 8.73. The highest BCUT2D eigenvalue weighted by Crippen LogP contribution is 2.40. The summed E-state index contributed by atoms with van der Waals surface area (Å²) < 4.78 is 17.6. The molecule has 3 aromatic rings. The van der Waals surface area contributed by atoms with Gasteiger partial charge in [0, 0.05) is 38.3 Å². The van der Waals surface area contributed by atoms with Crippen molar-refractivity contribution in [2.45, 2.75) is 70.2 Å². The lowest BCUT2D eigenvalue weighted by atomic mass is 9.90. The molecule has 0 spiro atoms. The van der Waals surface area contributed by atoms with Crippen LogP contribution >= 0.6 is 0 Å². The van der Waals surface area contributed by atoms with Crippen LogP contribution in [-0.2, 0) is 17.8 Å². The molecule has 0 unspecified atom stereocenters. The number of amides is 1. The number of ether oxygens (including phenoxy) is 3.